The number of hydrogen-bond donors (Lipinski definition) is 1. The Morgan fingerprint density at radius 1 is 0.919 bits per heavy atom. The summed E-state index contributed by atoms with van der Waals surface area (Å²) in [5, 5.41) is 7.56. The fourth-order valence-corrected chi connectivity index (χ4v) is 4.50. The Balaban J connectivity index is 1.64. The van der Waals surface area contributed by atoms with Crippen molar-refractivity contribution >= 4 is 23.1 Å². The van der Waals surface area contributed by atoms with Gasteiger partial charge in [0.15, 0.2) is 17.3 Å². The Hall–Kier alpha value is -4.59. The molecule has 5 rings (SSSR count). The Labute approximate surface area is 215 Å². The van der Waals surface area contributed by atoms with Gasteiger partial charge in [0, 0.05) is 23.7 Å². The number of aliphatic imine (C=N–C) groups is 1. The van der Waals surface area contributed by atoms with Gasteiger partial charge in [-0.05, 0) is 30.7 Å². The van der Waals surface area contributed by atoms with Crippen LogP contribution in [0.15, 0.2) is 77.9 Å². The summed E-state index contributed by atoms with van der Waals surface area (Å²) in [5.41, 5.74) is 4.92. The van der Waals surface area contributed by atoms with E-state index in [1.54, 1.807) is 38.3 Å². The number of aromatic nitrogens is 2. The summed E-state index contributed by atoms with van der Waals surface area (Å²) >= 11 is 0. The van der Waals surface area contributed by atoms with Gasteiger partial charge in [-0.3, -0.25) is 4.79 Å². The molecule has 1 unspecified atom stereocenters. The number of aryl methyl sites for hydroxylation is 1. The van der Waals surface area contributed by atoms with E-state index in [4.69, 9.17) is 19.2 Å². The van der Waals surface area contributed by atoms with Crippen molar-refractivity contribution in [2.24, 2.45) is 4.99 Å². The van der Waals surface area contributed by atoms with E-state index in [-0.39, 0.29) is 11.9 Å². The number of nitrogens with zero attached hydrogens (tertiary/aromatic N) is 3. The molecule has 37 heavy (non-hydrogen) atoms. The molecule has 0 radical (unpaired) electrons. The molecular formula is C29H28N4O4. The Bertz CT molecular complexity index is 1460. The molecule has 0 bridgehead atoms. The molecule has 4 aromatic rings. The molecule has 8 heteroatoms. The van der Waals surface area contributed by atoms with Crippen molar-refractivity contribution < 1.29 is 19.0 Å². The standard InChI is InChI=1S/C29H28N4O4/c1-18-10-12-19(13-11-18)23-15-24(21-14-26(36-3)27(37-4)16-25(21)35-2)33-28(32-23)22(17-30-33)29(34)31-20-8-6-5-7-9-20/h5-14,16-17,24H,15H2,1-4H3,(H,31,34). The minimum Gasteiger partial charge on any atom is -0.496 e. The number of carbonyl (C=O) groups excluding carboxylic acids is 1. The maximum atomic E-state index is 13.3. The summed E-state index contributed by atoms with van der Waals surface area (Å²) in [6, 6.07) is 20.9. The molecule has 1 aliphatic heterocycles. The lowest BCUT2D eigenvalue weighted by molar-refractivity contribution is 0.102. The molecule has 1 aliphatic rings. The minimum atomic E-state index is -0.295. The number of rotatable bonds is 7. The third kappa shape index (κ3) is 4.65. The highest BCUT2D eigenvalue weighted by Crippen LogP contribution is 2.43. The highest BCUT2D eigenvalue weighted by molar-refractivity contribution is 6.09. The minimum absolute atomic E-state index is 0.278. The number of carbonyl (C=O) groups is 1. The molecule has 1 amide bonds. The molecule has 8 nitrogen and oxygen atoms in total. The second-order valence-electron chi connectivity index (χ2n) is 8.74. The van der Waals surface area contributed by atoms with Crippen molar-refractivity contribution in [2.45, 2.75) is 19.4 Å². The predicted molar refractivity (Wildman–Crippen MR) is 143 cm³/mol. The first-order chi connectivity index (χ1) is 18.0. The number of hydrogen-bond acceptors (Lipinski definition) is 6. The Morgan fingerprint density at radius 3 is 2.27 bits per heavy atom. The van der Waals surface area contributed by atoms with Gasteiger partial charge in [0.1, 0.15) is 11.3 Å². The van der Waals surface area contributed by atoms with Gasteiger partial charge in [0.25, 0.3) is 5.91 Å². The van der Waals surface area contributed by atoms with Gasteiger partial charge in [0.05, 0.1) is 39.3 Å². The SMILES string of the molecule is COc1cc(OC)c(C2CC(c3ccc(C)cc3)=Nc3c(C(=O)Nc4ccccc4)cnn32)cc1OC. The van der Waals surface area contributed by atoms with Gasteiger partial charge in [-0.2, -0.15) is 5.10 Å². The van der Waals surface area contributed by atoms with Crippen molar-refractivity contribution in [2.75, 3.05) is 26.6 Å². The molecule has 0 aliphatic carbocycles. The second-order valence-corrected chi connectivity index (χ2v) is 8.74. The van der Waals surface area contributed by atoms with Crippen molar-refractivity contribution in [3.8, 4) is 17.2 Å². The third-order valence-corrected chi connectivity index (χ3v) is 6.45. The lowest BCUT2D eigenvalue weighted by atomic mass is 9.94. The predicted octanol–water partition coefficient (Wildman–Crippen LogP) is 5.58. The van der Waals surface area contributed by atoms with Gasteiger partial charge < -0.3 is 19.5 Å². The lowest BCUT2D eigenvalue weighted by Crippen LogP contribution is -2.22. The van der Waals surface area contributed by atoms with E-state index in [0.717, 1.165) is 22.4 Å². The van der Waals surface area contributed by atoms with Gasteiger partial charge >= 0.3 is 0 Å². The topological polar surface area (TPSA) is 87.0 Å². The van der Waals surface area contributed by atoms with E-state index >= 15 is 0 Å². The summed E-state index contributed by atoms with van der Waals surface area (Å²) in [7, 11) is 4.80. The summed E-state index contributed by atoms with van der Waals surface area (Å²) in [6.45, 7) is 2.05. The number of benzene rings is 3. The van der Waals surface area contributed by atoms with Crippen LogP contribution in [0.4, 0.5) is 11.5 Å². The van der Waals surface area contributed by atoms with Crippen LogP contribution in [-0.2, 0) is 0 Å². The zero-order valence-corrected chi connectivity index (χ0v) is 21.2. The molecule has 0 spiro atoms. The van der Waals surface area contributed by atoms with Gasteiger partial charge in [-0.1, -0.05) is 48.0 Å². The van der Waals surface area contributed by atoms with Crippen LogP contribution >= 0.6 is 0 Å². The summed E-state index contributed by atoms with van der Waals surface area (Å²) in [6.07, 6.45) is 2.11. The van der Waals surface area contributed by atoms with Gasteiger partial charge in [-0.25, -0.2) is 9.67 Å². The van der Waals surface area contributed by atoms with Crippen LogP contribution in [0.25, 0.3) is 0 Å². The fraction of sp³-hybridized carbons (Fsp3) is 0.207. The monoisotopic (exact) mass is 496 g/mol. The number of ether oxygens (including phenoxy) is 3. The van der Waals surface area contributed by atoms with E-state index in [9.17, 15) is 4.79 Å². The molecule has 1 aromatic heterocycles. The van der Waals surface area contributed by atoms with Crippen LogP contribution < -0.4 is 19.5 Å². The van der Waals surface area contributed by atoms with E-state index in [0.29, 0.717) is 40.7 Å². The van der Waals surface area contributed by atoms with Crippen LogP contribution in [0.2, 0.25) is 0 Å². The molecule has 0 fully saturated rings. The number of anilines is 1. The molecule has 3 aromatic carbocycles. The summed E-state index contributed by atoms with van der Waals surface area (Å²) in [5.74, 6) is 1.98. The highest BCUT2D eigenvalue weighted by Gasteiger charge is 2.32. The van der Waals surface area contributed by atoms with Gasteiger partial charge in [0.2, 0.25) is 0 Å². The fourth-order valence-electron chi connectivity index (χ4n) is 4.50. The van der Waals surface area contributed by atoms with E-state index < -0.39 is 0 Å². The lowest BCUT2D eigenvalue weighted by Gasteiger charge is -2.27. The van der Waals surface area contributed by atoms with Crippen LogP contribution in [0.1, 0.15) is 39.5 Å². The number of amides is 1. The van der Waals surface area contributed by atoms with Crippen LogP contribution in [0.3, 0.4) is 0 Å². The van der Waals surface area contributed by atoms with Crippen molar-refractivity contribution in [3.63, 3.8) is 0 Å². The molecule has 0 saturated heterocycles. The average molecular weight is 497 g/mol. The zero-order valence-electron chi connectivity index (χ0n) is 21.2. The first kappa shape index (κ1) is 24.1. The van der Waals surface area contributed by atoms with Crippen LogP contribution in [-0.4, -0.2) is 42.7 Å². The smallest absolute Gasteiger partial charge is 0.261 e. The normalized spacial score (nSPS) is 14.4. The summed E-state index contributed by atoms with van der Waals surface area (Å²) < 4.78 is 18.6. The molecule has 0 saturated carbocycles. The van der Waals surface area contributed by atoms with E-state index in [1.165, 1.54) is 0 Å². The van der Waals surface area contributed by atoms with Crippen LogP contribution in [0, 0.1) is 6.92 Å². The molecular weight excluding hydrogens is 468 g/mol. The molecule has 2 heterocycles. The highest BCUT2D eigenvalue weighted by atomic mass is 16.5. The Kier molecular flexibility index (Phi) is 6.64. The Morgan fingerprint density at radius 2 is 1.59 bits per heavy atom. The number of nitrogens with one attached hydrogen (secondary N) is 1. The number of fused-ring (bicyclic) bond motifs is 1. The van der Waals surface area contributed by atoms with Crippen molar-refractivity contribution in [3.05, 3.63) is 95.2 Å². The maximum absolute atomic E-state index is 13.3. The van der Waals surface area contributed by atoms with E-state index in [2.05, 4.69) is 22.5 Å². The van der Waals surface area contributed by atoms with Crippen LogP contribution in [0.5, 0.6) is 17.2 Å². The maximum Gasteiger partial charge on any atom is 0.261 e. The largest absolute Gasteiger partial charge is 0.496 e. The van der Waals surface area contributed by atoms with Crippen molar-refractivity contribution in [1.82, 2.24) is 9.78 Å². The molecule has 1 N–H and O–H groups in total. The number of para-hydroxylation sites is 1. The van der Waals surface area contributed by atoms with Gasteiger partial charge in [-0.15, -0.1) is 0 Å². The average Bonchev–Trinajstić information content (AvgIpc) is 3.37. The second kappa shape index (κ2) is 10.2. The zero-order chi connectivity index (χ0) is 25.9. The summed E-state index contributed by atoms with van der Waals surface area (Å²) in [4.78, 5) is 18.2. The molecule has 1 atom stereocenters. The first-order valence-corrected chi connectivity index (χ1v) is 11.9. The van der Waals surface area contributed by atoms with E-state index in [1.807, 2.05) is 55.5 Å². The molecule has 188 valence electrons. The van der Waals surface area contributed by atoms with Crippen molar-refractivity contribution in [1.29, 1.82) is 0 Å². The first-order valence-electron chi connectivity index (χ1n) is 11.9. The quantitative estimate of drug-likeness (QED) is 0.361. The third-order valence-electron chi connectivity index (χ3n) is 6.45. The number of methoxy groups -OCH3 is 3.